The van der Waals surface area contributed by atoms with Crippen molar-refractivity contribution >= 4 is 5.97 Å². The number of esters is 1. The highest BCUT2D eigenvalue weighted by Gasteiger charge is 2.02. The van der Waals surface area contributed by atoms with Crippen molar-refractivity contribution in [1.29, 1.82) is 0 Å². The summed E-state index contributed by atoms with van der Waals surface area (Å²) in [5.41, 5.74) is 0.600. The van der Waals surface area contributed by atoms with Crippen molar-refractivity contribution < 1.29 is 9.53 Å². The van der Waals surface area contributed by atoms with Crippen molar-refractivity contribution in [3.8, 4) is 0 Å². The van der Waals surface area contributed by atoms with E-state index in [-0.39, 0.29) is 5.97 Å². The van der Waals surface area contributed by atoms with Crippen LogP contribution in [0.1, 0.15) is 20.8 Å². The van der Waals surface area contributed by atoms with Crippen molar-refractivity contribution in [2.24, 2.45) is 0 Å². The predicted molar refractivity (Wildman–Crippen MR) is 40.3 cm³/mol. The molecule has 0 heterocycles. The minimum absolute atomic E-state index is 0.324. The number of ether oxygens (including phenoxy) is 1. The molecule has 0 spiro atoms. The van der Waals surface area contributed by atoms with E-state index >= 15 is 0 Å². The monoisotopic (exact) mass is 140 g/mol. The second-order valence-corrected chi connectivity index (χ2v) is 2.06. The molecule has 0 unspecified atom stereocenters. The normalized spacial score (nSPS) is 10.9. The van der Waals surface area contributed by atoms with Crippen LogP contribution >= 0.6 is 0 Å². The molecule has 0 rings (SSSR count). The first-order valence-electron chi connectivity index (χ1n) is 3.08. The second kappa shape index (κ2) is 3.88. The second-order valence-electron chi connectivity index (χ2n) is 2.06. The Balaban J connectivity index is 3.99. The molecular formula is C8H12O2. The van der Waals surface area contributed by atoms with Gasteiger partial charge in [0.1, 0.15) is 0 Å². The first kappa shape index (κ1) is 8.95. The average molecular weight is 140 g/mol. The lowest BCUT2D eigenvalue weighted by Gasteiger charge is -2.00. The molecule has 0 N–H and O–H groups in total. The molecule has 0 saturated heterocycles. The molecule has 0 aliphatic rings. The smallest absolute Gasteiger partial charge is 0.338 e. The molecule has 0 aliphatic carbocycles. The Morgan fingerprint density at radius 1 is 1.50 bits per heavy atom. The molecule has 0 aromatic carbocycles. The molecule has 0 fully saturated rings. The van der Waals surface area contributed by atoms with Crippen LogP contribution in [-0.2, 0) is 9.53 Å². The maximum absolute atomic E-state index is 10.8. The van der Waals surface area contributed by atoms with Gasteiger partial charge < -0.3 is 4.74 Å². The summed E-state index contributed by atoms with van der Waals surface area (Å²) in [5, 5.41) is 0. The Morgan fingerprint density at radius 2 is 2.00 bits per heavy atom. The van der Waals surface area contributed by atoms with Crippen LogP contribution in [0.25, 0.3) is 0 Å². The molecule has 0 amide bonds. The maximum atomic E-state index is 10.8. The molecule has 0 radical (unpaired) electrons. The van der Waals surface area contributed by atoms with Crippen molar-refractivity contribution in [1.82, 2.24) is 0 Å². The molecular weight excluding hydrogens is 128 g/mol. The fourth-order valence-corrected chi connectivity index (χ4v) is 0.357. The number of carbonyl (C=O) groups is 1. The highest BCUT2D eigenvalue weighted by Crippen LogP contribution is 1.99. The molecule has 56 valence electrons. The third-order valence-electron chi connectivity index (χ3n) is 1.02. The summed E-state index contributed by atoms with van der Waals surface area (Å²) in [6.45, 7) is 8.57. The van der Waals surface area contributed by atoms with Crippen LogP contribution in [0.3, 0.4) is 0 Å². The third kappa shape index (κ3) is 3.07. The maximum Gasteiger partial charge on any atom is 0.338 e. The first-order chi connectivity index (χ1) is 4.57. The zero-order chi connectivity index (χ0) is 8.15. The number of hydrogen-bond acceptors (Lipinski definition) is 2. The number of hydrogen-bond donors (Lipinski definition) is 0. The molecule has 0 bridgehead atoms. The summed E-state index contributed by atoms with van der Waals surface area (Å²) < 4.78 is 4.70. The first-order valence-corrected chi connectivity index (χ1v) is 3.08. The van der Waals surface area contributed by atoms with Crippen LogP contribution < -0.4 is 0 Å². The van der Waals surface area contributed by atoms with E-state index in [2.05, 4.69) is 6.58 Å². The van der Waals surface area contributed by atoms with Crippen LogP contribution in [0.15, 0.2) is 24.0 Å². The van der Waals surface area contributed by atoms with Crippen LogP contribution in [0.4, 0.5) is 0 Å². The lowest BCUT2D eigenvalue weighted by Crippen LogP contribution is -2.02. The van der Waals surface area contributed by atoms with Gasteiger partial charge >= 0.3 is 5.97 Å². The summed E-state index contributed by atoms with van der Waals surface area (Å²) in [5.74, 6) is 0.0983. The van der Waals surface area contributed by atoms with Crippen molar-refractivity contribution in [3.05, 3.63) is 24.0 Å². The highest BCUT2D eigenvalue weighted by molar-refractivity contribution is 5.88. The predicted octanol–water partition coefficient (Wildman–Crippen LogP) is 2.03. The minimum atomic E-state index is -0.324. The number of carbonyl (C=O) groups excluding carboxylic acids is 1. The molecule has 0 aliphatic heterocycles. The van der Waals surface area contributed by atoms with Gasteiger partial charge in [0.05, 0.1) is 5.76 Å². The van der Waals surface area contributed by atoms with Gasteiger partial charge in [-0.3, -0.25) is 0 Å². The lowest BCUT2D eigenvalue weighted by atomic mass is 10.3. The Labute approximate surface area is 61.2 Å². The molecule has 0 saturated carbocycles. The van der Waals surface area contributed by atoms with Gasteiger partial charge in [-0.15, -0.1) is 0 Å². The molecule has 0 aromatic heterocycles. The summed E-state index contributed by atoms with van der Waals surface area (Å²) >= 11 is 0. The standard InChI is InChI=1S/C8H12O2/c1-5-7(4)8(9)10-6(2)3/h5H,2H2,1,3-4H3/b7-5-. The number of allylic oxidation sites excluding steroid dienone is 2. The summed E-state index contributed by atoms with van der Waals surface area (Å²) in [6, 6.07) is 0. The summed E-state index contributed by atoms with van der Waals surface area (Å²) in [6.07, 6.45) is 1.70. The van der Waals surface area contributed by atoms with Gasteiger partial charge in [-0.25, -0.2) is 4.79 Å². The Bertz CT molecular complexity index is 178. The SMILES string of the molecule is C=C(C)OC(=O)/C(C)=C\C. The van der Waals surface area contributed by atoms with Crippen molar-refractivity contribution in [2.75, 3.05) is 0 Å². The molecule has 0 aromatic rings. The highest BCUT2D eigenvalue weighted by atomic mass is 16.5. The van der Waals surface area contributed by atoms with Crippen LogP contribution in [0, 0.1) is 0 Å². The topological polar surface area (TPSA) is 26.3 Å². The van der Waals surface area contributed by atoms with Crippen LogP contribution in [0.2, 0.25) is 0 Å². The zero-order valence-electron chi connectivity index (χ0n) is 6.60. The molecule has 2 nitrogen and oxygen atoms in total. The van der Waals surface area contributed by atoms with E-state index in [1.807, 2.05) is 0 Å². The van der Waals surface area contributed by atoms with Gasteiger partial charge in [0.2, 0.25) is 0 Å². The lowest BCUT2D eigenvalue weighted by molar-refractivity contribution is -0.134. The Hall–Kier alpha value is -1.05. The van der Waals surface area contributed by atoms with Gasteiger partial charge in [0.25, 0.3) is 0 Å². The third-order valence-corrected chi connectivity index (χ3v) is 1.02. The quantitative estimate of drug-likeness (QED) is 0.333. The molecule has 2 heteroatoms. The Kier molecular flexibility index (Phi) is 3.47. The fourth-order valence-electron chi connectivity index (χ4n) is 0.357. The van der Waals surface area contributed by atoms with Crippen molar-refractivity contribution in [3.63, 3.8) is 0 Å². The van der Waals surface area contributed by atoms with Crippen LogP contribution in [-0.4, -0.2) is 5.97 Å². The van der Waals surface area contributed by atoms with E-state index in [9.17, 15) is 4.79 Å². The van der Waals surface area contributed by atoms with Crippen LogP contribution in [0.5, 0.6) is 0 Å². The van der Waals surface area contributed by atoms with E-state index in [0.29, 0.717) is 11.3 Å². The molecule has 10 heavy (non-hydrogen) atoms. The largest absolute Gasteiger partial charge is 0.429 e. The van der Waals surface area contributed by atoms with Gasteiger partial charge in [0.15, 0.2) is 0 Å². The zero-order valence-corrected chi connectivity index (χ0v) is 6.60. The Morgan fingerprint density at radius 3 is 2.30 bits per heavy atom. The summed E-state index contributed by atoms with van der Waals surface area (Å²) in [4.78, 5) is 10.8. The molecule has 0 atom stereocenters. The van der Waals surface area contributed by atoms with Gasteiger partial charge in [0, 0.05) is 5.57 Å². The summed E-state index contributed by atoms with van der Waals surface area (Å²) in [7, 11) is 0. The van der Waals surface area contributed by atoms with Gasteiger partial charge in [-0.1, -0.05) is 12.7 Å². The van der Waals surface area contributed by atoms with E-state index in [0.717, 1.165) is 0 Å². The van der Waals surface area contributed by atoms with E-state index < -0.39 is 0 Å². The van der Waals surface area contributed by atoms with Crippen molar-refractivity contribution in [2.45, 2.75) is 20.8 Å². The fraction of sp³-hybridized carbons (Fsp3) is 0.375. The van der Waals surface area contributed by atoms with Gasteiger partial charge in [-0.05, 0) is 20.8 Å². The minimum Gasteiger partial charge on any atom is -0.429 e. The van der Waals surface area contributed by atoms with E-state index in [1.54, 1.807) is 26.8 Å². The van der Waals surface area contributed by atoms with E-state index in [1.165, 1.54) is 0 Å². The van der Waals surface area contributed by atoms with Gasteiger partial charge in [-0.2, -0.15) is 0 Å². The van der Waals surface area contributed by atoms with E-state index in [4.69, 9.17) is 4.74 Å². The number of rotatable bonds is 2. The average Bonchev–Trinajstić information content (AvgIpc) is 1.85.